The molecule has 0 radical (unpaired) electrons. The number of benzene rings is 1. The van der Waals surface area contributed by atoms with Crippen LogP contribution in [0.3, 0.4) is 0 Å². The monoisotopic (exact) mass is 332 g/mol. The molecule has 1 heterocycles. The molecule has 1 aliphatic heterocycles. The maximum atomic E-state index is 12.7. The molecule has 1 aromatic rings. The van der Waals surface area contributed by atoms with Crippen molar-refractivity contribution in [1.29, 1.82) is 0 Å². The molecule has 1 saturated carbocycles. The zero-order valence-corrected chi connectivity index (χ0v) is 14.2. The number of carbonyl (C=O) groups excluding carboxylic acids is 2. The molecule has 5 heteroatoms. The first-order valence-corrected chi connectivity index (χ1v) is 9.65. The first-order chi connectivity index (χ1) is 11.3. The average molecular weight is 332 g/mol. The number of nitrogens with one attached hydrogen (secondary N) is 1. The van der Waals surface area contributed by atoms with Crippen LogP contribution in [0.4, 0.5) is 0 Å². The van der Waals surface area contributed by atoms with Crippen LogP contribution in [-0.2, 0) is 4.79 Å². The summed E-state index contributed by atoms with van der Waals surface area (Å²) in [4.78, 5) is 27.0. The molecule has 4 nitrogen and oxygen atoms in total. The van der Waals surface area contributed by atoms with Crippen molar-refractivity contribution in [1.82, 2.24) is 10.2 Å². The third kappa shape index (κ3) is 4.08. The summed E-state index contributed by atoms with van der Waals surface area (Å²) in [7, 11) is 0. The molecule has 2 aliphatic rings. The molecule has 124 valence electrons. The van der Waals surface area contributed by atoms with E-state index in [-0.39, 0.29) is 23.9 Å². The Morgan fingerprint density at radius 3 is 2.43 bits per heavy atom. The zero-order chi connectivity index (χ0) is 16.1. The molecule has 0 bridgehead atoms. The summed E-state index contributed by atoms with van der Waals surface area (Å²) in [5.41, 5.74) is 0.655. The zero-order valence-electron chi connectivity index (χ0n) is 13.4. The molecular weight excluding hydrogens is 308 g/mol. The van der Waals surface area contributed by atoms with Gasteiger partial charge in [0.2, 0.25) is 5.91 Å². The Balaban J connectivity index is 1.63. The summed E-state index contributed by atoms with van der Waals surface area (Å²) in [5.74, 6) is 1.26. The number of carbonyl (C=O) groups is 2. The normalized spacial score (nSPS) is 22.6. The van der Waals surface area contributed by atoms with Gasteiger partial charge in [0.15, 0.2) is 0 Å². The lowest BCUT2D eigenvalue weighted by Crippen LogP contribution is -2.49. The van der Waals surface area contributed by atoms with Crippen LogP contribution in [0.1, 0.15) is 48.9 Å². The van der Waals surface area contributed by atoms with Crippen molar-refractivity contribution in [3.8, 4) is 0 Å². The van der Waals surface area contributed by atoms with Crippen molar-refractivity contribution in [2.24, 2.45) is 0 Å². The van der Waals surface area contributed by atoms with Crippen LogP contribution < -0.4 is 5.32 Å². The second kappa shape index (κ2) is 7.86. The Hall–Kier alpha value is -1.49. The number of hydrogen-bond donors (Lipinski definition) is 1. The number of nitrogens with zero attached hydrogens (tertiary/aromatic N) is 1. The third-order valence-corrected chi connectivity index (χ3v) is 5.68. The van der Waals surface area contributed by atoms with Crippen molar-refractivity contribution in [3.05, 3.63) is 35.9 Å². The van der Waals surface area contributed by atoms with Crippen LogP contribution in [0, 0.1) is 0 Å². The number of amides is 2. The van der Waals surface area contributed by atoms with Crippen molar-refractivity contribution < 1.29 is 9.59 Å². The van der Waals surface area contributed by atoms with Crippen LogP contribution in [0.2, 0.25) is 0 Å². The maximum absolute atomic E-state index is 12.7. The van der Waals surface area contributed by atoms with Crippen molar-refractivity contribution in [2.45, 2.75) is 50.6 Å². The Labute approximate surface area is 142 Å². The van der Waals surface area contributed by atoms with E-state index in [1.54, 1.807) is 16.7 Å². The van der Waals surface area contributed by atoms with E-state index in [0.717, 1.165) is 12.8 Å². The van der Waals surface area contributed by atoms with E-state index in [1.807, 2.05) is 30.3 Å². The van der Waals surface area contributed by atoms with E-state index in [4.69, 9.17) is 0 Å². The van der Waals surface area contributed by atoms with Gasteiger partial charge in [-0.2, -0.15) is 0 Å². The van der Waals surface area contributed by atoms with Gasteiger partial charge in [-0.15, -0.1) is 11.8 Å². The van der Waals surface area contributed by atoms with E-state index in [2.05, 4.69) is 5.32 Å². The predicted molar refractivity (Wildman–Crippen MR) is 93.4 cm³/mol. The SMILES string of the molecule is O=C(NC1CCCCCC1)C1CSCN1C(=O)c1ccccc1. The third-order valence-electron chi connectivity index (χ3n) is 4.67. The number of rotatable bonds is 3. The standard InChI is InChI=1S/C18H24N2O2S/c21-17(19-15-10-6-1-2-7-11-15)16-12-23-13-20(16)18(22)14-8-4-3-5-9-14/h3-5,8-9,15-16H,1-2,6-7,10-13H2,(H,19,21). The summed E-state index contributed by atoms with van der Waals surface area (Å²) in [6.07, 6.45) is 7.05. The first-order valence-electron chi connectivity index (χ1n) is 8.50. The molecule has 1 atom stereocenters. The van der Waals surface area contributed by atoms with Gasteiger partial charge in [0.25, 0.3) is 5.91 Å². The predicted octanol–water partition coefficient (Wildman–Crippen LogP) is 3.04. The number of thioether (sulfide) groups is 1. The van der Waals surface area contributed by atoms with Gasteiger partial charge in [0, 0.05) is 17.4 Å². The molecule has 2 fully saturated rings. The van der Waals surface area contributed by atoms with Crippen LogP contribution in [0.25, 0.3) is 0 Å². The topological polar surface area (TPSA) is 49.4 Å². The molecule has 1 unspecified atom stereocenters. The van der Waals surface area contributed by atoms with Gasteiger partial charge in [-0.3, -0.25) is 9.59 Å². The second-order valence-corrected chi connectivity index (χ2v) is 7.35. The molecule has 3 rings (SSSR count). The Morgan fingerprint density at radius 2 is 1.74 bits per heavy atom. The number of hydrogen-bond acceptors (Lipinski definition) is 3. The maximum Gasteiger partial charge on any atom is 0.255 e. The molecular formula is C18H24N2O2S. The van der Waals surface area contributed by atoms with Crippen LogP contribution in [0.15, 0.2) is 30.3 Å². The molecule has 1 aliphatic carbocycles. The minimum atomic E-state index is -0.337. The Morgan fingerprint density at radius 1 is 1.04 bits per heavy atom. The lowest BCUT2D eigenvalue weighted by atomic mass is 10.1. The molecule has 0 aromatic heterocycles. The fraction of sp³-hybridized carbons (Fsp3) is 0.556. The highest BCUT2D eigenvalue weighted by Gasteiger charge is 2.35. The Bertz CT molecular complexity index is 541. The van der Waals surface area contributed by atoms with Gasteiger partial charge in [-0.05, 0) is 25.0 Å². The van der Waals surface area contributed by atoms with Gasteiger partial charge in [0.1, 0.15) is 6.04 Å². The van der Waals surface area contributed by atoms with Crippen molar-refractivity contribution in [2.75, 3.05) is 11.6 Å². The highest BCUT2D eigenvalue weighted by molar-refractivity contribution is 7.99. The summed E-state index contributed by atoms with van der Waals surface area (Å²) in [6, 6.07) is 9.18. The Kier molecular flexibility index (Phi) is 5.60. The van der Waals surface area contributed by atoms with Crippen molar-refractivity contribution in [3.63, 3.8) is 0 Å². The minimum Gasteiger partial charge on any atom is -0.352 e. The molecule has 2 amide bonds. The lowest BCUT2D eigenvalue weighted by molar-refractivity contribution is -0.125. The molecule has 23 heavy (non-hydrogen) atoms. The van der Waals surface area contributed by atoms with Crippen LogP contribution in [-0.4, -0.2) is 40.4 Å². The van der Waals surface area contributed by atoms with Crippen molar-refractivity contribution >= 4 is 23.6 Å². The fourth-order valence-electron chi connectivity index (χ4n) is 3.33. The van der Waals surface area contributed by atoms with Crippen LogP contribution >= 0.6 is 11.8 Å². The smallest absolute Gasteiger partial charge is 0.255 e. The fourth-order valence-corrected chi connectivity index (χ4v) is 4.48. The second-order valence-electron chi connectivity index (χ2n) is 6.35. The van der Waals surface area contributed by atoms with E-state index in [1.165, 1.54) is 25.7 Å². The minimum absolute atomic E-state index is 0.0196. The quantitative estimate of drug-likeness (QED) is 0.866. The van der Waals surface area contributed by atoms with E-state index in [0.29, 0.717) is 17.2 Å². The summed E-state index contributed by atoms with van der Waals surface area (Å²) in [5, 5.41) is 3.19. The van der Waals surface area contributed by atoms with Gasteiger partial charge >= 0.3 is 0 Å². The molecule has 1 aromatic carbocycles. The molecule has 1 saturated heterocycles. The highest BCUT2D eigenvalue weighted by Crippen LogP contribution is 2.24. The summed E-state index contributed by atoms with van der Waals surface area (Å²) >= 11 is 1.65. The highest BCUT2D eigenvalue weighted by atomic mass is 32.2. The first kappa shape index (κ1) is 16.4. The average Bonchev–Trinajstić information content (AvgIpc) is 2.94. The van der Waals surface area contributed by atoms with Gasteiger partial charge in [-0.1, -0.05) is 43.9 Å². The van der Waals surface area contributed by atoms with E-state index in [9.17, 15) is 9.59 Å². The van der Waals surface area contributed by atoms with E-state index < -0.39 is 0 Å². The molecule has 0 spiro atoms. The summed E-state index contributed by atoms with van der Waals surface area (Å²) in [6.45, 7) is 0. The lowest BCUT2D eigenvalue weighted by Gasteiger charge is -2.25. The van der Waals surface area contributed by atoms with Crippen LogP contribution in [0.5, 0.6) is 0 Å². The van der Waals surface area contributed by atoms with E-state index >= 15 is 0 Å². The van der Waals surface area contributed by atoms with Gasteiger partial charge in [0.05, 0.1) is 5.88 Å². The molecule has 1 N–H and O–H groups in total. The largest absolute Gasteiger partial charge is 0.352 e. The van der Waals surface area contributed by atoms with Gasteiger partial charge < -0.3 is 10.2 Å². The summed E-state index contributed by atoms with van der Waals surface area (Å²) < 4.78 is 0. The van der Waals surface area contributed by atoms with Gasteiger partial charge in [-0.25, -0.2) is 0 Å².